The zero-order chi connectivity index (χ0) is 15.2. The van der Waals surface area contributed by atoms with Crippen molar-refractivity contribution in [3.8, 4) is 5.88 Å². The maximum atomic E-state index is 11.8. The number of carbonyl (C=O) groups excluding carboxylic acids is 1. The lowest BCUT2D eigenvalue weighted by molar-refractivity contribution is -0.120. The molecular weight excluding hydrogens is 254 g/mol. The van der Waals surface area contributed by atoms with Crippen molar-refractivity contribution in [3.05, 3.63) is 23.9 Å². The van der Waals surface area contributed by atoms with Gasteiger partial charge in [0.15, 0.2) is 0 Å². The number of pyridine rings is 1. The van der Waals surface area contributed by atoms with Crippen LogP contribution in [0, 0.1) is 0 Å². The molecule has 0 radical (unpaired) electrons. The van der Waals surface area contributed by atoms with E-state index in [9.17, 15) is 4.79 Å². The predicted octanol–water partition coefficient (Wildman–Crippen LogP) is 1.87. The molecule has 0 aliphatic heterocycles. The molecule has 0 saturated heterocycles. The first kappa shape index (κ1) is 16.4. The fraction of sp³-hybridized carbons (Fsp3) is 0.600. The largest absolute Gasteiger partial charge is 0.475 e. The van der Waals surface area contributed by atoms with Gasteiger partial charge in [0.2, 0.25) is 11.8 Å². The van der Waals surface area contributed by atoms with Crippen LogP contribution < -0.4 is 15.4 Å². The molecule has 0 unspecified atom stereocenters. The molecule has 1 aromatic rings. The average Bonchev–Trinajstić information content (AvgIpc) is 2.34. The zero-order valence-electron chi connectivity index (χ0n) is 13.0. The Kier molecular flexibility index (Phi) is 5.95. The van der Waals surface area contributed by atoms with Crippen molar-refractivity contribution < 1.29 is 9.53 Å². The summed E-state index contributed by atoms with van der Waals surface area (Å²) in [5.74, 6) is 0.533. The van der Waals surface area contributed by atoms with Crippen LogP contribution in [0.5, 0.6) is 5.88 Å². The first-order valence-corrected chi connectivity index (χ1v) is 6.90. The molecule has 0 spiro atoms. The minimum absolute atomic E-state index is 0.0423. The highest BCUT2D eigenvalue weighted by molar-refractivity contribution is 5.78. The van der Waals surface area contributed by atoms with Gasteiger partial charge in [0, 0.05) is 23.8 Å². The molecule has 0 saturated carbocycles. The molecule has 1 aromatic heterocycles. The quantitative estimate of drug-likeness (QED) is 0.834. The number of amides is 1. The Bertz CT molecular complexity index is 439. The third-order valence-electron chi connectivity index (χ3n) is 2.45. The number of hydrogen-bond donors (Lipinski definition) is 2. The Morgan fingerprint density at radius 1 is 1.40 bits per heavy atom. The minimum atomic E-state index is -0.0719. The lowest BCUT2D eigenvalue weighted by Gasteiger charge is -2.20. The molecule has 0 bridgehead atoms. The molecule has 0 aromatic carbocycles. The summed E-state index contributed by atoms with van der Waals surface area (Å²) in [5, 5.41) is 6.01. The van der Waals surface area contributed by atoms with E-state index >= 15 is 0 Å². The van der Waals surface area contributed by atoms with Crippen LogP contribution in [0.25, 0.3) is 0 Å². The van der Waals surface area contributed by atoms with Gasteiger partial charge < -0.3 is 15.4 Å². The van der Waals surface area contributed by atoms with Crippen LogP contribution in [0.15, 0.2) is 18.3 Å². The summed E-state index contributed by atoms with van der Waals surface area (Å²) in [7, 11) is 0. The van der Waals surface area contributed by atoms with Gasteiger partial charge in [0.1, 0.15) is 0 Å². The van der Waals surface area contributed by atoms with Gasteiger partial charge in [-0.25, -0.2) is 4.98 Å². The Labute approximate surface area is 121 Å². The van der Waals surface area contributed by atoms with E-state index in [2.05, 4.69) is 15.6 Å². The topological polar surface area (TPSA) is 63.2 Å². The van der Waals surface area contributed by atoms with Crippen LogP contribution in [-0.4, -0.2) is 29.1 Å². The van der Waals surface area contributed by atoms with Crippen LogP contribution in [0.1, 0.15) is 40.2 Å². The summed E-state index contributed by atoms with van der Waals surface area (Å²) < 4.78 is 5.61. The lowest BCUT2D eigenvalue weighted by Crippen LogP contribution is -2.43. The maximum absolute atomic E-state index is 11.8. The molecule has 1 amide bonds. The van der Waals surface area contributed by atoms with Crippen molar-refractivity contribution >= 4 is 5.91 Å². The Hall–Kier alpha value is -1.62. The molecule has 20 heavy (non-hydrogen) atoms. The van der Waals surface area contributed by atoms with Crippen molar-refractivity contribution in [2.24, 2.45) is 0 Å². The molecule has 5 nitrogen and oxygen atoms in total. The average molecular weight is 279 g/mol. The van der Waals surface area contributed by atoms with Gasteiger partial charge in [0.05, 0.1) is 12.6 Å². The SMILES string of the molecule is CC(C)Oc1ncccc1CNC(=O)CNC(C)(C)C. The van der Waals surface area contributed by atoms with E-state index in [0.717, 1.165) is 5.56 Å². The van der Waals surface area contributed by atoms with Crippen LogP contribution in [0.2, 0.25) is 0 Å². The highest BCUT2D eigenvalue weighted by Gasteiger charge is 2.12. The number of nitrogens with zero attached hydrogens (tertiary/aromatic N) is 1. The van der Waals surface area contributed by atoms with Crippen LogP contribution in [0.3, 0.4) is 0 Å². The van der Waals surface area contributed by atoms with E-state index in [1.165, 1.54) is 0 Å². The third-order valence-corrected chi connectivity index (χ3v) is 2.45. The molecular formula is C15H25N3O2. The van der Waals surface area contributed by atoms with Crippen molar-refractivity contribution in [1.29, 1.82) is 0 Å². The second-order valence-electron chi connectivity index (χ2n) is 6.01. The number of aromatic nitrogens is 1. The predicted molar refractivity (Wildman–Crippen MR) is 79.6 cm³/mol. The second kappa shape index (κ2) is 7.24. The normalized spacial score (nSPS) is 11.5. The number of carbonyl (C=O) groups is 1. The van der Waals surface area contributed by atoms with Crippen molar-refractivity contribution in [1.82, 2.24) is 15.6 Å². The highest BCUT2D eigenvalue weighted by Crippen LogP contribution is 2.15. The highest BCUT2D eigenvalue weighted by atomic mass is 16.5. The summed E-state index contributed by atoms with van der Waals surface area (Å²) >= 11 is 0. The Morgan fingerprint density at radius 3 is 2.70 bits per heavy atom. The van der Waals surface area contributed by atoms with Crippen molar-refractivity contribution in [2.75, 3.05) is 6.54 Å². The number of ether oxygens (including phenoxy) is 1. The van der Waals surface area contributed by atoms with Crippen LogP contribution in [0.4, 0.5) is 0 Å². The first-order chi connectivity index (χ1) is 9.28. The molecule has 5 heteroatoms. The van der Waals surface area contributed by atoms with Gasteiger partial charge >= 0.3 is 0 Å². The Morgan fingerprint density at radius 2 is 2.10 bits per heavy atom. The van der Waals surface area contributed by atoms with Crippen LogP contribution in [-0.2, 0) is 11.3 Å². The maximum Gasteiger partial charge on any atom is 0.234 e. The van der Waals surface area contributed by atoms with E-state index < -0.39 is 0 Å². The fourth-order valence-electron chi connectivity index (χ4n) is 1.49. The monoisotopic (exact) mass is 279 g/mol. The molecule has 2 N–H and O–H groups in total. The third kappa shape index (κ3) is 6.52. The Balaban J connectivity index is 2.51. The minimum Gasteiger partial charge on any atom is -0.475 e. The van der Waals surface area contributed by atoms with Gasteiger partial charge in [-0.15, -0.1) is 0 Å². The van der Waals surface area contributed by atoms with Crippen molar-refractivity contribution in [2.45, 2.75) is 52.8 Å². The van der Waals surface area contributed by atoms with Gasteiger partial charge in [-0.05, 0) is 40.7 Å². The summed E-state index contributed by atoms with van der Waals surface area (Å²) in [5.41, 5.74) is 0.808. The van der Waals surface area contributed by atoms with Crippen molar-refractivity contribution in [3.63, 3.8) is 0 Å². The summed E-state index contributed by atoms with van der Waals surface area (Å²) in [6, 6.07) is 3.74. The fourth-order valence-corrected chi connectivity index (χ4v) is 1.49. The van der Waals surface area contributed by atoms with Gasteiger partial charge in [-0.3, -0.25) is 4.79 Å². The molecule has 1 heterocycles. The molecule has 0 atom stereocenters. The molecule has 1 rings (SSSR count). The summed E-state index contributed by atoms with van der Waals surface area (Å²) in [6.45, 7) is 10.7. The van der Waals surface area contributed by atoms with E-state index in [1.54, 1.807) is 6.20 Å². The van der Waals surface area contributed by atoms with Gasteiger partial charge in [0.25, 0.3) is 0 Å². The van der Waals surface area contributed by atoms with E-state index in [4.69, 9.17) is 4.74 Å². The second-order valence-corrected chi connectivity index (χ2v) is 6.01. The summed E-state index contributed by atoms with van der Waals surface area (Å²) in [6.07, 6.45) is 1.74. The summed E-state index contributed by atoms with van der Waals surface area (Å²) in [4.78, 5) is 16.0. The number of hydrogen-bond acceptors (Lipinski definition) is 4. The molecule has 112 valence electrons. The molecule has 0 aliphatic rings. The molecule has 0 aliphatic carbocycles. The van der Waals surface area contributed by atoms with E-state index in [0.29, 0.717) is 19.0 Å². The standard InChI is InChI=1S/C15H25N3O2/c1-11(2)20-14-12(7-6-8-16-14)9-17-13(19)10-18-15(3,4)5/h6-8,11,18H,9-10H2,1-5H3,(H,17,19). The number of nitrogens with one attached hydrogen (secondary N) is 2. The van der Waals surface area contributed by atoms with Crippen LogP contribution >= 0.6 is 0 Å². The molecule has 0 fully saturated rings. The van der Waals surface area contributed by atoms with Gasteiger partial charge in [-0.2, -0.15) is 0 Å². The first-order valence-electron chi connectivity index (χ1n) is 6.90. The van der Waals surface area contributed by atoms with E-state index in [-0.39, 0.29) is 17.6 Å². The zero-order valence-corrected chi connectivity index (χ0v) is 13.0. The smallest absolute Gasteiger partial charge is 0.234 e. The van der Waals surface area contributed by atoms with E-state index in [1.807, 2.05) is 46.8 Å². The number of rotatable bonds is 6. The van der Waals surface area contributed by atoms with Gasteiger partial charge in [-0.1, -0.05) is 6.07 Å². The lowest BCUT2D eigenvalue weighted by atomic mass is 10.1.